The summed E-state index contributed by atoms with van der Waals surface area (Å²) < 4.78 is 4.80. The quantitative estimate of drug-likeness (QED) is 0.602. The molecule has 0 aromatic heterocycles. The molecule has 0 aliphatic heterocycles. The minimum atomic E-state index is -0.642. The van der Waals surface area contributed by atoms with Gasteiger partial charge in [0.1, 0.15) is 4.84 Å². The normalized spacial score (nSPS) is 14.6. The summed E-state index contributed by atoms with van der Waals surface area (Å²) in [6.45, 7) is 2.36. The molecule has 50 valence electrons. The fourth-order valence-corrected chi connectivity index (χ4v) is 0.503. The summed E-state index contributed by atoms with van der Waals surface area (Å²) in [7, 11) is 0. The maximum atomic E-state index is 5.43. The highest BCUT2D eigenvalue weighted by atomic mass is 35.5. The van der Waals surface area contributed by atoms with Crippen LogP contribution in [-0.2, 0) is 4.74 Å². The Labute approximate surface area is 63.9 Å². The zero-order chi connectivity index (χ0) is 6.57. The van der Waals surface area contributed by atoms with Gasteiger partial charge in [0.25, 0.3) is 0 Å². The molecule has 0 spiro atoms. The molecule has 0 saturated heterocycles. The zero-order valence-electron chi connectivity index (χ0n) is 4.40. The first kappa shape index (κ1) is 8.83. The summed E-state index contributed by atoms with van der Waals surface area (Å²) in [5.74, 6) is 0. The van der Waals surface area contributed by atoms with Crippen LogP contribution in [0.3, 0.4) is 0 Å². The van der Waals surface area contributed by atoms with E-state index < -0.39 is 10.4 Å². The molecule has 0 aliphatic carbocycles. The SMILES string of the molecule is CCOC(Cl)C(Cl)Cl. The maximum absolute atomic E-state index is 5.43. The van der Waals surface area contributed by atoms with Crippen LogP contribution in [0.4, 0.5) is 0 Å². The molecule has 0 rings (SSSR count). The topological polar surface area (TPSA) is 9.23 Å². The lowest BCUT2D eigenvalue weighted by molar-refractivity contribution is 0.128. The Bertz CT molecular complexity index is 57.2. The van der Waals surface area contributed by atoms with E-state index in [1.54, 1.807) is 0 Å². The minimum absolute atomic E-state index is 0.532. The fraction of sp³-hybridized carbons (Fsp3) is 1.00. The Kier molecular flexibility index (Phi) is 5.17. The van der Waals surface area contributed by atoms with Crippen LogP contribution in [0.1, 0.15) is 6.92 Å². The molecule has 0 radical (unpaired) electrons. The number of rotatable bonds is 3. The van der Waals surface area contributed by atoms with Crippen LogP contribution in [-0.4, -0.2) is 17.0 Å². The van der Waals surface area contributed by atoms with Gasteiger partial charge in [-0.1, -0.05) is 11.6 Å². The molecular weight excluding hydrogens is 170 g/mol. The highest BCUT2D eigenvalue weighted by Crippen LogP contribution is 2.14. The van der Waals surface area contributed by atoms with E-state index in [2.05, 4.69) is 0 Å². The molecule has 1 nitrogen and oxygen atoms in total. The fourth-order valence-electron chi connectivity index (χ4n) is 0.232. The summed E-state index contributed by atoms with van der Waals surface area (Å²) >= 11 is 16.1. The Morgan fingerprint density at radius 1 is 1.38 bits per heavy atom. The lowest BCUT2D eigenvalue weighted by atomic mass is 10.8. The number of ether oxygens (including phenoxy) is 1. The van der Waals surface area contributed by atoms with Crippen molar-refractivity contribution < 1.29 is 4.74 Å². The molecule has 0 heterocycles. The van der Waals surface area contributed by atoms with Gasteiger partial charge in [-0.15, -0.1) is 23.2 Å². The van der Waals surface area contributed by atoms with E-state index in [9.17, 15) is 0 Å². The van der Waals surface area contributed by atoms with Crippen LogP contribution in [0.15, 0.2) is 0 Å². The van der Waals surface area contributed by atoms with Gasteiger partial charge in [0.15, 0.2) is 5.56 Å². The highest BCUT2D eigenvalue weighted by Gasteiger charge is 2.11. The van der Waals surface area contributed by atoms with Gasteiger partial charge >= 0.3 is 0 Å². The first-order valence-corrected chi connectivity index (χ1v) is 3.53. The van der Waals surface area contributed by atoms with E-state index in [0.717, 1.165) is 0 Å². The smallest absolute Gasteiger partial charge is 0.161 e. The van der Waals surface area contributed by atoms with Gasteiger partial charge < -0.3 is 4.74 Å². The second kappa shape index (κ2) is 4.68. The summed E-state index contributed by atoms with van der Waals surface area (Å²) in [4.78, 5) is -0.642. The number of alkyl halides is 3. The maximum Gasteiger partial charge on any atom is 0.161 e. The Morgan fingerprint density at radius 2 is 1.88 bits per heavy atom. The monoisotopic (exact) mass is 176 g/mol. The van der Waals surface area contributed by atoms with Crippen molar-refractivity contribution in [1.29, 1.82) is 0 Å². The van der Waals surface area contributed by atoms with Crippen LogP contribution >= 0.6 is 34.8 Å². The predicted molar refractivity (Wildman–Crippen MR) is 36.8 cm³/mol. The van der Waals surface area contributed by atoms with Crippen molar-refractivity contribution in [2.24, 2.45) is 0 Å². The predicted octanol–water partition coefficient (Wildman–Crippen LogP) is 2.39. The Hall–Kier alpha value is 0.830. The van der Waals surface area contributed by atoms with E-state index in [0.29, 0.717) is 6.61 Å². The number of hydrogen-bond donors (Lipinski definition) is 0. The molecule has 8 heavy (non-hydrogen) atoms. The summed E-state index contributed by atoms with van der Waals surface area (Å²) in [5, 5.41) is 0. The first-order chi connectivity index (χ1) is 3.68. The van der Waals surface area contributed by atoms with Crippen molar-refractivity contribution in [2.45, 2.75) is 17.3 Å². The van der Waals surface area contributed by atoms with Crippen molar-refractivity contribution >= 4 is 34.8 Å². The second-order valence-electron chi connectivity index (χ2n) is 1.14. The van der Waals surface area contributed by atoms with Gasteiger partial charge in [0, 0.05) is 6.61 Å². The molecular formula is C4H7Cl3O. The third-order valence-corrected chi connectivity index (χ3v) is 1.62. The Morgan fingerprint density at radius 3 is 2.00 bits per heavy atom. The number of hydrogen-bond acceptors (Lipinski definition) is 1. The van der Waals surface area contributed by atoms with Crippen molar-refractivity contribution in [1.82, 2.24) is 0 Å². The largest absolute Gasteiger partial charge is 0.360 e. The standard InChI is InChI=1S/C4H7Cl3O/c1-2-8-4(7)3(5)6/h3-4H,2H2,1H3. The van der Waals surface area contributed by atoms with Gasteiger partial charge in [-0.3, -0.25) is 0 Å². The van der Waals surface area contributed by atoms with Crippen molar-refractivity contribution in [3.05, 3.63) is 0 Å². The van der Waals surface area contributed by atoms with E-state index in [4.69, 9.17) is 39.5 Å². The van der Waals surface area contributed by atoms with E-state index in [1.165, 1.54) is 0 Å². The molecule has 0 fully saturated rings. The van der Waals surface area contributed by atoms with Gasteiger partial charge in [-0.2, -0.15) is 0 Å². The molecule has 0 aromatic rings. The first-order valence-electron chi connectivity index (χ1n) is 2.22. The van der Waals surface area contributed by atoms with E-state index >= 15 is 0 Å². The number of halogens is 3. The molecule has 1 unspecified atom stereocenters. The molecule has 0 bridgehead atoms. The van der Waals surface area contributed by atoms with Gasteiger partial charge in [-0.25, -0.2) is 0 Å². The summed E-state index contributed by atoms with van der Waals surface area (Å²) in [5.41, 5.74) is -0.580. The van der Waals surface area contributed by atoms with E-state index in [1.807, 2.05) is 6.92 Å². The lowest BCUT2D eigenvalue weighted by Gasteiger charge is -2.07. The third-order valence-electron chi connectivity index (χ3n) is 0.524. The van der Waals surface area contributed by atoms with E-state index in [-0.39, 0.29) is 0 Å². The average molecular weight is 177 g/mol. The summed E-state index contributed by atoms with van der Waals surface area (Å²) in [6.07, 6.45) is 0. The molecule has 4 heteroatoms. The molecule has 0 N–H and O–H groups in total. The Balaban J connectivity index is 3.17. The highest BCUT2D eigenvalue weighted by molar-refractivity contribution is 6.48. The van der Waals surface area contributed by atoms with Gasteiger partial charge in [-0.05, 0) is 6.92 Å². The van der Waals surface area contributed by atoms with Crippen LogP contribution in [0, 0.1) is 0 Å². The molecule has 0 amide bonds. The van der Waals surface area contributed by atoms with Crippen LogP contribution < -0.4 is 0 Å². The molecule has 1 atom stereocenters. The van der Waals surface area contributed by atoms with Gasteiger partial charge in [0.2, 0.25) is 0 Å². The minimum Gasteiger partial charge on any atom is -0.360 e. The van der Waals surface area contributed by atoms with Crippen LogP contribution in [0.2, 0.25) is 0 Å². The van der Waals surface area contributed by atoms with Crippen molar-refractivity contribution in [3.8, 4) is 0 Å². The summed E-state index contributed by atoms with van der Waals surface area (Å²) in [6, 6.07) is 0. The molecule has 0 aromatic carbocycles. The lowest BCUT2D eigenvalue weighted by Crippen LogP contribution is -2.12. The van der Waals surface area contributed by atoms with Gasteiger partial charge in [0.05, 0.1) is 0 Å². The van der Waals surface area contributed by atoms with Crippen LogP contribution in [0.25, 0.3) is 0 Å². The molecule has 0 saturated carbocycles. The zero-order valence-corrected chi connectivity index (χ0v) is 6.67. The average Bonchev–Trinajstić information content (AvgIpc) is 1.67. The van der Waals surface area contributed by atoms with Crippen molar-refractivity contribution in [3.63, 3.8) is 0 Å². The second-order valence-corrected chi connectivity index (χ2v) is 2.73. The van der Waals surface area contributed by atoms with Crippen molar-refractivity contribution in [2.75, 3.05) is 6.61 Å². The molecule has 0 aliphatic rings. The third kappa shape index (κ3) is 3.79. The van der Waals surface area contributed by atoms with Crippen LogP contribution in [0.5, 0.6) is 0 Å².